The predicted molar refractivity (Wildman–Crippen MR) is 98.2 cm³/mol. The topological polar surface area (TPSA) is 89.0 Å². The van der Waals surface area contributed by atoms with Gasteiger partial charge >= 0.3 is 5.69 Å². The van der Waals surface area contributed by atoms with Crippen LogP contribution in [0.25, 0.3) is 11.0 Å². The maximum atomic E-state index is 12.6. The van der Waals surface area contributed by atoms with E-state index in [0.29, 0.717) is 29.1 Å². The summed E-state index contributed by atoms with van der Waals surface area (Å²) < 4.78 is 8.28. The Hall–Kier alpha value is -3.53. The van der Waals surface area contributed by atoms with Gasteiger partial charge < -0.3 is 10.1 Å². The first-order valence-electron chi connectivity index (χ1n) is 8.15. The van der Waals surface area contributed by atoms with E-state index in [4.69, 9.17) is 10.00 Å². The van der Waals surface area contributed by atoms with Gasteiger partial charge in [-0.15, -0.1) is 0 Å². The Kier molecular flexibility index (Phi) is 4.76. The second-order valence-corrected chi connectivity index (χ2v) is 5.68. The summed E-state index contributed by atoms with van der Waals surface area (Å²) in [5.41, 5.74) is 2.05. The van der Waals surface area contributed by atoms with Crippen molar-refractivity contribution in [2.45, 2.75) is 20.0 Å². The molecule has 7 nitrogen and oxygen atoms in total. The number of benzene rings is 2. The van der Waals surface area contributed by atoms with Crippen LogP contribution in [0.15, 0.2) is 47.3 Å². The summed E-state index contributed by atoms with van der Waals surface area (Å²) in [7, 11) is 1.48. The van der Waals surface area contributed by atoms with Crippen molar-refractivity contribution < 1.29 is 9.53 Å². The van der Waals surface area contributed by atoms with Crippen LogP contribution in [0.3, 0.4) is 0 Å². The van der Waals surface area contributed by atoms with Crippen LogP contribution in [0, 0.1) is 11.3 Å². The van der Waals surface area contributed by atoms with Gasteiger partial charge in [-0.1, -0.05) is 12.1 Å². The quantitative estimate of drug-likeness (QED) is 0.765. The van der Waals surface area contributed by atoms with Crippen molar-refractivity contribution in [1.82, 2.24) is 9.13 Å². The third-order valence-corrected chi connectivity index (χ3v) is 4.15. The maximum absolute atomic E-state index is 12.6. The van der Waals surface area contributed by atoms with Gasteiger partial charge in [0.1, 0.15) is 12.3 Å². The highest BCUT2D eigenvalue weighted by Crippen LogP contribution is 2.25. The number of carbonyl (C=O) groups excluding carboxylic acids is 1. The molecule has 1 aromatic heterocycles. The second-order valence-electron chi connectivity index (χ2n) is 5.68. The molecule has 0 radical (unpaired) electrons. The zero-order chi connectivity index (χ0) is 18.7. The van der Waals surface area contributed by atoms with E-state index in [1.807, 2.05) is 37.3 Å². The van der Waals surface area contributed by atoms with Gasteiger partial charge in [-0.25, -0.2) is 4.79 Å². The normalized spacial score (nSPS) is 10.5. The van der Waals surface area contributed by atoms with Crippen molar-refractivity contribution in [3.05, 3.63) is 58.5 Å². The number of amides is 1. The number of ether oxygens (including phenoxy) is 1. The van der Waals surface area contributed by atoms with Crippen molar-refractivity contribution in [1.29, 1.82) is 5.26 Å². The minimum absolute atomic E-state index is 0.133. The van der Waals surface area contributed by atoms with Gasteiger partial charge in [0.05, 0.1) is 35.5 Å². The fourth-order valence-electron chi connectivity index (χ4n) is 2.94. The van der Waals surface area contributed by atoms with E-state index in [-0.39, 0.29) is 18.1 Å². The van der Waals surface area contributed by atoms with E-state index < -0.39 is 0 Å². The van der Waals surface area contributed by atoms with Crippen molar-refractivity contribution in [2.75, 3.05) is 12.4 Å². The molecule has 0 bridgehead atoms. The lowest BCUT2D eigenvalue weighted by atomic mass is 10.2. The lowest BCUT2D eigenvalue weighted by Crippen LogP contribution is -2.29. The molecule has 3 aromatic rings. The number of nitriles is 1. The summed E-state index contributed by atoms with van der Waals surface area (Å²) in [6.45, 7) is 2.27. The third kappa shape index (κ3) is 3.05. The molecule has 3 rings (SSSR count). The number of fused-ring (bicyclic) bond motifs is 1. The summed E-state index contributed by atoms with van der Waals surface area (Å²) in [4.78, 5) is 25.1. The van der Waals surface area contributed by atoms with Gasteiger partial charge in [0.25, 0.3) is 0 Å². The van der Waals surface area contributed by atoms with Crippen LogP contribution in [0.5, 0.6) is 5.75 Å². The van der Waals surface area contributed by atoms with E-state index in [2.05, 4.69) is 5.32 Å². The average molecular weight is 350 g/mol. The molecule has 132 valence electrons. The molecule has 1 N–H and O–H groups in total. The summed E-state index contributed by atoms with van der Waals surface area (Å²) in [6, 6.07) is 14.1. The summed E-state index contributed by atoms with van der Waals surface area (Å²) >= 11 is 0. The SMILES string of the molecule is CCn1c(=O)n(CC(=O)Nc2cc(C#N)ccc2OC)c2ccccc21. The highest BCUT2D eigenvalue weighted by atomic mass is 16.5. The Morgan fingerprint density at radius 2 is 1.88 bits per heavy atom. The van der Waals surface area contributed by atoms with Gasteiger partial charge in [0, 0.05) is 6.54 Å². The van der Waals surface area contributed by atoms with Crippen LogP contribution >= 0.6 is 0 Å². The number of para-hydroxylation sites is 2. The fraction of sp³-hybridized carbons (Fsp3) is 0.211. The molecule has 0 aliphatic rings. The van der Waals surface area contributed by atoms with Crippen LogP contribution in [-0.4, -0.2) is 22.2 Å². The van der Waals surface area contributed by atoms with Crippen LogP contribution in [0.2, 0.25) is 0 Å². The first-order chi connectivity index (χ1) is 12.6. The Labute approximate surface area is 150 Å². The number of nitrogens with zero attached hydrogens (tertiary/aromatic N) is 3. The van der Waals surface area contributed by atoms with Crippen LogP contribution in [-0.2, 0) is 17.9 Å². The lowest BCUT2D eigenvalue weighted by Gasteiger charge is -2.11. The van der Waals surface area contributed by atoms with Crippen LogP contribution in [0.1, 0.15) is 12.5 Å². The van der Waals surface area contributed by atoms with Gasteiger partial charge in [-0.3, -0.25) is 13.9 Å². The fourth-order valence-corrected chi connectivity index (χ4v) is 2.94. The number of nitrogens with one attached hydrogen (secondary N) is 1. The summed E-state index contributed by atoms with van der Waals surface area (Å²) in [5, 5.41) is 11.7. The predicted octanol–water partition coefficient (Wildman–Crippen LogP) is 2.34. The largest absolute Gasteiger partial charge is 0.495 e. The summed E-state index contributed by atoms with van der Waals surface area (Å²) in [6.07, 6.45) is 0. The number of methoxy groups -OCH3 is 1. The van der Waals surface area contributed by atoms with E-state index in [9.17, 15) is 9.59 Å². The first-order valence-corrected chi connectivity index (χ1v) is 8.15. The molecule has 1 amide bonds. The zero-order valence-electron chi connectivity index (χ0n) is 14.5. The molecule has 0 saturated carbocycles. The molecule has 0 atom stereocenters. The number of hydrogen-bond donors (Lipinski definition) is 1. The van der Waals surface area contributed by atoms with Crippen molar-refractivity contribution in [2.24, 2.45) is 0 Å². The maximum Gasteiger partial charge on any atom is 0.329 e. The molecular formula is C19H18N4O3. The molecule has 0 saturated heterocycles. The van der Waals surface area contributed by atoms with Gasteiger partial charge in [-0.2, -0.15) is 5.26 Å². The Balaban J connectivity index is 1.93. The number of rotatable bonds is 5. The van der Waals surface area contributed by atoms with Crippen molar-refractivity contribution in [3.63, 3.8) is 0 Å². The Bertz CT molecular complexity index is 1070. The van der Waals surface area contributed by atoms with Gasteiger partial charge in [-0.05, 0) is 37.3 Å². The second kappa shape index (κ2) is 7.15. The summed E-state index contributed by atoms with van der Waals surface area (Å²) in [5.74, 6) is 0.0696. The Morgan fingerprint density at radius 3 is 2.50 bits per heavy atom. The van der Waals surface area contributed by atoms with E-state index in [1.165, 1.54) is 17.7 Å². The standard InChI is InChI=1S/C19H18N4O3/c1-3-22-15-6-4-5-7-16(15)23(19(22)25)12-18(24)21-14-10-13(11-20)8-9-17(14)26-2/h4-10H,3,12H2,1-2H3,(H,21,24). The van der Waals surface area contributed by atoms with E-state index in [1.54, 1.807) is 16.7 Å². The van der Waals surface area contributed by atoms with Crippen molar-refractivity contribution in [3.8, 4) is 11.8 Å². The molecular weight excluding hydrogens is 332 g/mol. The van der Waals surface area contributed by atoms with Gasteiger partial charge in [0.15, 0.2) is 0 Å². The number of aromatic nitrogens is 2. The number of imidazole rings is 1. The van der Waals surface area contributed by atoms with Gasteiger partial charge in [0.2, 0.25) is 5.91 Å². The molecule has 1 heterocycles. The molecule has 7 heteroatoms. The lowest BCUT2D eigenvalue weighted by molar-refractivity contribution is -0.116. The van der Waals surface area contributed by atoms with Crippen LogP contribution < -0.4 is 15.7 Å². The minimum Gasteiger partial charge on any atom is -0.495 e. The number of aryl methyl sites for hydroxylation is 1. The van der Waals surface area contributed by atoms with Crippen LogP contribution in [0.4, 0.5) is 5.69 Å². The smallest absolute Gasteiger partial charge is 0.329 e. The molecule has 0 aliphatic carbocycles. The highest BCUT2D eigenvalue weighted by molar-refractivity contribution is 5.93. The number of anilines is 1. The zero-order valence-corrected chi connectivity index (χ0v) is 14.5. The average Bonchev–Trinajstić information content (AvgIpc) is 2.92. The van der Waals surface area contributed by atoms with E-state index >= 15 is 0 Å². The highest BCUT2D eigenvalue weighted by Gasteiger charge is 2.15. The van der Waals surface area contributed by atoms with E-state index in [0.717, 1.165) is 5.52 Å². The van der Waals surface area contributed by atoms with Crippen molar-refractivity contribution >= 4 is 22.6 Å². The first kappa shape index (κ1) is 17.3. The molecule has 2 aromatic carbocycles. The molecule has 0 spiro atoms. The molecule has 0 aliphatic heterocycles. The molecule has 0 fully saturated rings. The minimum atomic E-state index is -0.375. The Morgan fingerprint density at radius 1 is 1.19 bits per heavy atom. The number of carbonyl (C=O) groups is 1. The molecule has 0 unspecified atom stereocenters. The third-order valence-electron chi connectivity index (χ3n) is 4.15. The number of hydrogen-bond acceptors (Lipinski definition) is 4. The molecule has 26 heavy (non-hydrogen) atoms. The monoisotopic (exact) mass is 350 g/mol.